The average Bonchev–Trinajstić information content (AvgIpc) is 2.52. The summed E-state index contributed by atoms with van der Waals surface area (Å²) in [4.78, 5) is 14.8. The number of hydrogen-bond acceptors (Lipinski definition) is 3. The number of hydrogen-bond donors (Lipinski definition) is 1. The molecule has 1 heterocycles. The van der Waals surface area contributed by atoms with Crippen LogP contribution in [0.25, 0.3) is 0 Å². The summed E-state index contributed by atoms with van der Waals surface area (Å²) >= 11 is 0. The predicted molar refractivity (Wildman–Crippen MR) is 80.9 cm³/mol. The minimum atomic E-state index is 0.200. The van der Waals surface area contributed by atoms with Crippen LogP contribution in [0, 0.1) is 5.92 Å². The van der Waals surface area contributed by atoms with Crippen molar-refractivity contribution in [1.29, 1.82) is 0 Å². The van der Waals surface area contributed by atoms with E-state index >= 15 is 0 Å². The Balaban J connectivity index is 1.73. The molecule has 3 nitrogen and oxygen atoms in total. The summed E-state index contributed by atoms with van der Waals surface area (Å²) in [6.07, 6.45) is 5.11. The summed E-state index contributed by atoms with van der Waals surface area (Å²) < 4.78 is 0. The van der Waals surface area contributed by atoms with Gasteiger partial charge in [0.2, 0.25) is 0 Å². The third-order valence-electron chi connectivity index (χ3n) is 4.15. The first kappa shape index (κ1) is 15.2. The van der Waals surface area contributed by atoms with Gasteiger partial charge in [-0.1, -0.05) is 30.3 Å². The van der Waals surface area contributed by atoms with Gasteiger partial charge in [0.15, 0.2) is 5.78 Å². The molecule has 0 amide bonds. The van der Waals surface area contributed by atoms with Crippen LogP contribution in [0.1, 0.15) is 42.5 Å². The number of ketones is 1. The van der Waals surface area contributed by atoms with Gasteiger partial charge in [0.05, 0.1) is 0 Å². The Hall–Kier alpha value is -1.19. The van der Waals surface area contributed by atoms with Gasteiger partial charge in [-0.25, -0.2) is 0 Å². The fourth-order valence-electron chi connectivity index (χ4n) is 2.88. The van der Waals surface area contributed by atoms with Crippen molar-refractivity contribution in [2.24, 2.45) is 5.92 Å². The lowest BCUT2D eigenvalue weighted by Gasteiger charge is -2.31. The predicted octanol–water partition coefficient (Wildman–Crippen LogP) is 2.74. The average molecular weight is 275 g/mol. The van der Waals surface area contributed by atoms with Crippen LogP contribution < -0.4 is 0 Å². The van der Waals surface area contributed by atoms with E-state index in [0.717, 1.165) is 57.3 Å². The molecule has 0 saturated carbocycles. The molecule has 1 aromatic carbocycles. The standard InChI is InChI=1S/C17H25NO2/c19-14-6-2-5-11-18-12-9-16(10-13-18)17(20)15-7-3-1-4-8-15/h1,3-4,7-8,16,19H,2,5-6,9-14H2. The highest BCUT2D eigenvalue weighted by atomic mass is 16.2. The molecule has 2 rings (SSSR count). The van der Waals surface area contributed by atoms with E-state index in [1.807, 2.05) is 30.3 Å². The van der Waals surface area contributed by atoms with Crippen LogP contribution in [0.15, 0.2) is 30.3 Å². The molecule has 1 N–H and O–H groups in total. The zero-order valence-electron chi connectivity index (χ0n) is 12.1. The van der Waals surface area contributed by atoms with Crippen LogP contribution in [0.2, 0.25) is 0 Å². The highest BCUT2D eigenvalue weighted by Gasteiger charge is 2.25. The third kappa shape index (κ3) is 4.43. The van der Waals surface area contributed by atoms with Crippen LogP contribution in [0.4, 0.5) is 0 Å². The van der Waals surface area contributed by atoms with Crippen molar-refractivity contribution in [1.82, 2.24) is 4.90 Å². The number of rotatable bonds is 7. The summed E-state index contributed by atoms with van der Waals surface area (Å²) in [6, 6.07) is 9.66. The van der Waals surface area contributed by atoms with Crippen molar-refractivity contribution in [3.8, 4) is 0 Å². The van der Waals surface area contributed by atoms with E-state index in [2.05, 4.69) is 4.90 Å². The highest BCUT2D eigenvalue weighted by Crippen LogP contribution is 2.22. The summed E-state index contributed by atoms with van der Waals surface area (Å²) in [7, 11) is 0. The maximum atomic E-state index is 12.4. The second-order valence-corrected chi connectivity index (χ2v) is 5.63. The largest absolute Gasteiger partial charge is 0.396 e. The molecular weight excluding hydrogens is 250 g/mol. The van der Waals surface area contributed by atoms with Gasteiger partial charge in [-0.2, -0.15) is 0 Å². The van der Waals surface area contributed by atoms with Gasteiger partial charge >= 0.3 is 0 Å². The number of nitrogens with zero attached hydrogens (tertiary/aromatic N) is 1. The molecule has 1 aliphatic heterocycles. The van der Waals surface area contributed by atoms with Crippen LogP contribution in [-0.2, 0) is 0 Å². The Bertz CT molecular complexity index is 397. The number of unbranched alkanes of at least 4 members (excludes halogenated alkanes) is 2. The Morgan fingerprint density at radius 1 is 1.10 bits per heavy atom. The van der Waals surface area contributed by atoms with Gasteiger partial charge in [0, 0.05) is 18.1 Å². The van der Waals surface area contributed by atoms with E-state index in [-0.39, 0.29) is 5.92 Å². The van der Waals surface area contributed by atoms with Gasteiger partial charge in [0.1, 0.15) is 0 Å². The van der Waals surface area contributed by atoms with Crippen molar-refractivity contribution in [3.05, 3.63) is 35.9 Å². The first-order chi connectivity index (χ1) is 9.81. The summed E-state index contributed by atoms with van der Waals surface area (Å²) in [6.45, 7) is 3.46. The number of Topliss-reactive ketones (excluding diaryl/α,β-unsaturated/α-hetero) is 1. The van der Waals surface area contributed by atoms with E-state index in [0.29, 0.717) is 12.4 Å². The Labute approximate surface area is 121 Å². The number of piperidine rings is 1. The number of aliphatic hydroxyl groups excluding tert-OH is 1. The van der Waals surface area contributed by atoms with Gasteiger partial charge in [-0.05, 0) is 51.7 Å². The molecule has 0 atom stereocenters. The highest BCUT2D eigenvalue weighted by molar-refractivity contribution is 5.97. The Kier molecular flexibility index (Phi) is 6.22. The maximum absolute atomic E-state index is 12.4. The van der Waals surface area contributed by atoms with Crippen molar-refractivity contribution >= 4 is 5.78 Å². The fraction of sp³-hybridized carbons (Fsp3) is 0.588. The van der Waals surface area contributed by atoms with Crippen molar-refractivity contribution < 1.29 is 9.90 Å². The number of aliphatic hydroxyl groups is 1. The number of likely N-dealkylation sites (tertiary alicyclic amines) is 1. The molecular formula is C17H25NO2. The second-order valence-electron chi connectivity index (χ2n) is 5.63. The van der Waals surface area contributed by atoms with Gasteiger partial charge < -0.3 is 10.0 Å². The topological polar surface area (TPSA) is 40.5 Å². The molecule has 0 aliphatic carbocycles. The molecule has 0 aromatic heterocycles. The van der Waals surface area contributed by atoms with E-state index in [1.165, 1.54) is 0 Å². The normalized spacial score (nSPS) is 17.2. The van der Waals surface area contributed by atoms with Crippen molar-refractivity contribution in [3.63, 3.8) is 0 Å². The molecule has 0 spiro atoms. The zero-order chi connectivity index (χ0) is 14.2. The minimum absolute atomic E-state index is 0.200. The quantitative estimate of drug-likeness (QED) is 0.614. The molecule has 0 radical (unpaired) electrons. The second kappa shape index (κ2) is 8.18. The van der Waals surface area contributed by atoms with E-state index in [1.54, 1.807) is 0 Å². The summed E-state index contributed by atoms with van der Waals surface area (Å²) in [5.74, 6) is 0.511. The minimum Gasteiger partial charge on any atom is -0.396 e. The van der Waals surface area contributed by atoms with Crippen LogP contribution in [-0.4, -0.2) is 42.0 Å². The molecule has 1 saturated heterocycles. The van der Waals surface area contributed by atoms with Crippen molar-refractivity contribution in [2.75, 3.05) is 26.2 Å². The molecule has 1 aliphatic rings. The third-order valence-corrected chi connectivity index (χ3v) is 4.15. The molecule has 0 bridgehead atoms. The molecule has 20 heavy (non-hydrogen) atoms. The van der Waals surface area contributed by atoms with Crippen LogP contribution in [0.5, 0.6) is 0 Å². The van der Waals surface area contributed by atoms with Crippen LogP contribution >= 0.6 is 0 Å². The maximum Gasteiger partial charge on any atom is 0.166 e. The van der Waals surface area contributed by atoms with Crippen molar-refractivity contribution in [2.45, 2.75) is 32.1 Å². The molecule has 1 fully saturated rings. The lowest BCUT2D eigenvalue weighted by atomic mass is 9.89. The number of carbonyl (C=O) groups is 1. The lowest BCUT2D eigenvalue weighted by molar-refractivity contribution is 0.0838. The lowest BCUT2D eigenvalue weighted by Crippen LogP contribution is -2.36. The molecule has 1 aromatic rings. The van der Waals surface area contributed by atoms with Gasteiger partial charge in [-0.3, -0.25) is 4.79 Å². The van der Waals surface area contributed by atoms with Gasteiger partial charge in [-0.15, -0.1) is 0 Å². The van der Waals surface area contributed by atoms with E-state index < -0.39 is 0 Å². The molecule has 3 heteroatoms. The molecule has 110 valence electrons. The SMILES string of the molecule is O=C(c1ccccc1)C1CCN(CCCCCO)CC1. The van der Waals surface area contributed by atoms with E-state index in [4.69, 9.17) is 5.11 Å². The summed E-state index contributed by atoms with van der Waals surface area (Å²) in [5.41, 5.74) is 0.855. The fourth-order valence-corrected chi connectivity index (χ4v) is 2.88. The zero-order valence-corrected chi connectivity index (χ0v) is 12.1. The first-order valence-electron chi connectivity index (χ1n) is 7.73. The Morgan fingerprint density at radius 3 is 2.45 bits per heavy atom. The smallest absolute Gasteiger partial charge is 0.166 e. The Morgan fingerprint density at radius 2 is 1.80 bits per heavy atom. The van der Waals surface area contributed by atoms with E-state index in [9.17, 15) is 4.79 Å². The first-order valence-corrected chi connectivity index (χ1v) is 7.73. The van der Waals surface area contributed by atoms with Gasteiger partial charge in [0.25, 0.3) is 0 Å². The number of benzene rings is 1. The monoisotopic (exact) mass is 275 g/mol. The summed E-state index contributed by atoms with van der Waals surface area (Å²) in [5, 5.41) is 8.76. The van der Waals surface area contributed by atoms with Crippen LogP contribution in [0.3, 0.4) is 0 Å². The molecule has 0 unspecified atom stereocenters. The number of carbonyl (C=O) groups excluding carboxylic acids is 1.